The van der Waals surface area contributed by atoms with Crippen LogP contribution in [0, 0.1) is 0 Å². The van der Waals surface area contributed by atoms with Crippen molar-refractivity contribution in [1.82, 2.24) is 10.2 Å². The molecule has 1 N–H and O–H groups in total. The van der Waals surface area contributed by atoms with Gasteiger partial charge in [-0.1, -0.05) is 31.2 Å². The Morgan fingerprint density at radius 2 is 1.81 bits per heavy atom. The summed E-state index contributed by atoms with van der Waals surface area (Å²) in [6.07, 6.45) is 4.49. The van der Waals surface area contributed by atoms with E-state index in [-0.39, 0.29) is 17.9 Å². The molecule has 1 unspecified atom stereocenters. The molecule has 1 aromatic carbocycles. The fraction of sp³-hybridized carbons (Fsp3) is 0.455. The van der Waals surface area contributed by atoms with Gasteiger partial charge in [-0.2, -0.15) is 0 Å². The summed E-state index contributed by atoms with van der Waals surface area (Å²) >= 11 is 1.49. The molecule has 1 saturated heterocycles. The van der Waals surface area contributed by atoms with Gasteiger partial charge < -0.3 is 10.2 Å². The topological polar surface area (TPSA) is 49.4 Å². The van der Waals surface area contributed by atoms with Gasteiger partial charge in [0.1, 0.15) is 0 Å². The van der Waals surface area contributed by atoms with Crippen LogP contribution in [0.1, 0.15) is 64.8 Å². The third-order valence-corrected chi connectivity index (χ3v) is 6.31. The van der Waals surface area contributed by atoms with E-state index >= 15 is 0 Å². The van der Waals surface area contributed by atoms with Gasteiger partial charge in [0, 0.05) is 24.4 Å². The highest BCUT2D eigenvalue weighted by Crippen LogP contribution is 2.21. The Kier molecular flexibility index (Phi) is 6.67. The van der Waals surface area contributed by atoms with Crippen LogP contribution in [0.4, 0.5) is 0 Å². The van der Waals surface area contributed by atoms with Crippen molar-refractivity contribution in [2.24, 2.45) is 0 Å². The molecule has 5 heteroatoms. The first-order valence-electron chi connectivity index (χ1n) is 9.83. The highest BCUT2D eigenvalue weighted by molar-refractivity contribution is 7.14. The smallest absolute Gasteiger partial charge is 0.261 e. The fourth-order valence-electron chi connectivity index (χ4n) is 3.38. The van der Waals surface area contributed by atoms with E-state index in [4.69, 9.17) is 0 Å². The zero-order valence-corrected chi connectivity index (χ0v) is 17.0. The summed E-state index contributed by atoms with van der Waals surface area (Å²) in [4.78, 5) is 28.4. The van der Waals surface area contributed by atoms with E-state index in [1.807, 2.05) is 24.0 Å². The Bertz CT molecular complexity index is 776. The molecule has 2 amide bonds. The minimum absolute atomic E-state index is 0.0364. The number of likely N-dealkylation sites (tertiary alicyclic amines) is 1. The molecule has 2 aromatic rings. The Morgan fingerprint density at radius 3 is 2.48 bits per heavy atom. The summed E-state index contributed by atoms with van der Waals surface area (Å²) in [6, 6.07) is 12.2. The standard InChI is InChI=1S/C22H28N2O2S/c1-3-17-6-8-18(9-7-17)16(2)23-22(26)20-12-10-19(27-20)11-13-21(25)24-14-4-5-15-24/h6-10,12,16H,3-5,11,13-15H2,1-2H3,(H,23,26). The van der Waals surface area contributed by atoms with Gasteiger partial charge in [0.05, 0.1) is 10.9 Å². The molecular formula is C22H28N2O2S. The second kappa shape index (κ2) is 9.18. The van der Waals surface area contributed by atoms with E-state index in [1.54, 1.807) is 0 Å². The van der Waals surface area contributed by atoms with Gasteiger partial charge in [-0.25, -0.2) is 0 Å². The van der Waals surface area contributed by atoms with Crippen LogP contribution < -0.4 is 5.32 Å². The zero-order chi connectivity index (χ0) is 19.2. The number of rotatable bonds is 7. The molecular weight excluding hydrogens is 356 g/mol. The number of hydrogen-bond donors (Lipinski definition) is 1. The van der Waals surface area contributed by atoms with Crippen LogP contribution in [0.25, 0.3) is 0 Å². The van der Waals surface area contributed by atoms with E-state index in [0.29, 0.717) is 17.7 Å². The van der Waals surface area contributed by atoms with Crippen LogP contribution in [-0.2, 0) is 17.6 Å². The molecule has 1 aromatic heterocycles. The molecule has 1 aliphatic rings. The molecule has 0 saturated carbocycles. The van der Waals surface area contributed by atoms with Crippen molar-refractivity contribution in [1.29, 1.82) is 0 Å². The SMILES string of the molecule is CCc1ccc(C(C)NC(=O)c2ccc(CCC(=O)N3CCCC3)s2)cc1. The predicted molar refractivity (Wildman–Crippen MR) is 110 cm³/mol. The number of benzene rings is 1. The van der Waals surface area contributed by atoms with Gasteiger partial charge in [0.15, 0.2) is 0 Å². The average Bonchev–Trinajstić information content (AvgIpc) is 3.38. The van der Waals surface area contributed by atoms with Crippen molar-refractivity contribution in [3.05, 3.63) is 57.3 Å². The first kappa shape index (κ1) is 19.6. The quantitative estimate of drug-likeness (QED) is 0.771. The van der Waals surface area contributed by atoms with Gasteiger partial charge in [-0.05, 0) is 55.9 Å². The number of hydrogen-bond acceptors (Lipinski definition) is 3. The number of carbonyl (C=O) groups excluding carboxylic acids is 2. The summed E-state index contributed by atoms with van der Waals surface area (Å²) in [7, 11) is 0. The highest BCUT2D eigenvalue weighted by Gasteiger charge is 2.18. The van der Waals surface area contributed by atoms with Gasteiger partial charge in [-0.15, -0.1) is 11.3 Å². The van der Waals surface area contributed by atoms with Gasteiger partial charge in [0.2, 0.25) is 5.91 Å². The Hall–Kier alpha value is -2.14. The molecule has 0 radical (unpaired) electrons. The van der Waals surface area contributed by atoms with Gasteiger partial charge >= 0.3 is 0 Å². The Labute approximate surface area is 165 Å². The molecule has 1 aliphatic heterocycles. The lowest BCUT2D eigenvalue weighted by Gasteiger charge is -2.14. The molecule has 1 fully saturated rings. The van der Waals surface area contributed by atoms with Crippen LogP contribution >= 0.6 is 11.3 Å². The maximum atomic E-state index is 12.5. The summed E-state index contributed by atoms with van der Waals surface area (Å²) in [6.45, 7) is 5.93. The molecule has 3 rings (SSSR count). The summed E-state index contributed by atoms with van der Waals surface area (Å²) in [5, 5.41) is 3.07. The van der Waals surface area contributed by atoms with Crippen molar-refractivity contribution in [2.75, 3.05) is 13.1 Å². The molecule has 0 bridgehead atoms. The first-order chi connectivity index (χ1) is 13.1. The molecule has 4 nitrogen and oxygen atoms in total. The summed E-state index contributed by atoms with van der Waals surface area (Å²) in [5.41, 5.74) is 2.40. The van der Waals surface area contributed by atoms with Crippen LogP contribution in [0.15, 0.2) is 36.4 Å². The normalized spacial score (nSPS) is 15.0. The minimum atomic E-state index is -0.0517. The molecule has 144 valence electrons. The predicted octanol–water partition coefficient (Wildman–Crippen LogP) is 4.36. The van der Waals surface area contributed by atoms with E-state index in [2.05, 4.69) is 36.5 Å². The van der Waals surface area contributed by atoms with Crippen LogP contribution in [0.3, 0.4) is 0 Å². The number of aryl methyl sites for hydroxylation is 2. The number of nitrogens with zero attached hydrogens (tertiary/aromatic N) is 1. The monoisotopic (exact) mass is 384 g/mol. The minimum Gasteiger partial charge on any atom is -0.345 e. The highest BCUT2D eigenvalue weighted by atomic mass is 32.1. The van der Waals surface area contributed by atoms with Crippen molar-refractivity contribution >= 4 is 23.2 Å². The van der Waals surface area contributed by atoms with Crippen LogP contribution in [0.2, 0.25) is 0 Å². The summed E-state index contributed by atoms with van der Waals surface area (Å²) in [5.74, 6) is 0.181. The van der Waals surface area contributed by atoms with E-state index in [9.17, 15) is 9.59 Å². The summed E-state index contributed by atoms with van der Waals surface area (Å²) < 4.78 is 0. The fourth-order valence-corrected chi connectivity index (χ4v) is 4.29. The van der Waals surface area contributed by atoms with Crippen molar-refractivity contribution in [3.63, 3.8) is 0 Å². The lowest BCUT2D eigenvalue weighted by atomic mass is 10.0. The lowest BCUT2D eigenvalue weighted by molar-refractivity contribution is -0.130. The lowest BCUT2D eigenvalue weighted by Crippen LogP contribution is -2.27. The number of nitrogens with one attached hydrogen (secondary N) is 1. The second-order valence-corrected chi connectivity index (χ2v) is 8.31. The molecule has 0 aliphatic carbocycles. The first-order valence-corrected chi connectivity index (χ1v) is 10.6. The molecule has 2 heterocycles. The maximum absolute atomic E-state index is 12.5. The molecule has 27 heavy (non-hydrogen) atoms. The zero-order valence-electron chi connectivity index (χ0n) is 16.2. The molecule has 1 atom stereocenters. The van der Waals surface area contributed by atoms with Crippen LogP contribution in [0.5, 0.6) is 0 Å². The van der Waals surface area contributed by atoms with Gasteiger partial charge in [0.25, 0.3) is 5.91 Å². The van der Waals surface area contributed by atoms with Crippen molar-refractivity contribution in [2.45, 2.75) is 52.0 Å². The Morgan fingerprint density at radius 1 is 1.11 bits per heavy atom. The molecule has 0 spiro atoms. The Balaban J connectivity index is 1.52. The number of thiophene rings is 1. The van der Waals surface area contributed by atoms with Crippen molar-refractivity contribution < 1.29 is 9.59 Å². The largest absolute Gasteiger partial charge is 0.345 e. The van der Waals surface area contributed by atoms with E-state index in [1.165, 1.54) is 16.9 Å². The van der Waals surface area contributed by atoms with Gasteiger partial charge in [-0.3, -0.25) is 9.59 Å². The third kappa shape index (κ3) is 5.19. The van der Waals surface area contributed by atoms with Crippen LogP contribution in [-0.4, -0.2) is 29.8 Å². The van der Waals surface area contributed by atoms with E-state index in [0.717, 1.165) is 42.8 Å². The van der Waals surface area contributed by atoms with Crippen molar-refractivity contribution in [3.8, 4) is 0 Å². The maximum Gasteiger partial charge on any atom is 0.261 e. The second-order valence-electron chi connectivity index (χ2n) is 7.14. The number of carbonyl (C=O) groups is 2. The number of amides is 2. The average molecular weight is 385 g/mol. The third-order valence-electron chi connectivity index (χ3n) is 5.17. The van der Waals surface area contributed by atoms with E-state index < -0.39 is 0 Å².